The van der Waals surface area contributed by atoms with Gasteiger partial charge in [-0.2, -0.15) is 0 Å². The monoisotopic (exact) mass is 550 g/mol. The van der Waals surface area contributed by atoms with Crippen molar-refractivity contribution >= 4 is 39.3 Å². The van der Waals surface area contributed by atoms with Gasteiger partial charge in [0.1, 0.15) is 10.8 Å². The highest BCUT2D eigenvalue weighted by Crippen LogP contribution is 2.40. The number of hydrogen-bond acceptors (Lipinski definition) is 7. The number of rotatable bonds is 8. The molecule has 0 spiro atoms. The zero-order valence-electron chi connectivity index (χ0n) is 22.5. The Morgan fingerprint density at radius 3 is 2.41 bits per heavy atom. The van der Waals surface area contributed by atoms with E-state index >= 15 is 0 Å². The van der Waals surface area contributed by atoms with E-state index in [0.717, 1.165) is 28.7 Å². The molecular formula is C29H34N4O5S. The molecule has 2 N–H and O–H groups in total. The number of nitrogens with one attached hydrogen (secondary N) is 1. The number of aromatic nitrogens is 1. The molecule has 0 atom stereocenters. The van der Waals surface area contributed by atoms with Crippen molar-refractivity contribution in [2.24, 2.45) is 5.41 Å². The van der Waals surface area contributed by atoms with Crippen molar-refractivity contribution in [3.05, 3.63) is 58.1 Å². The first-order valence-electron chi connectivity index (χ1n) is 13.2. The lowest BCUT2D eigenvalue weighted by atomic mass is 9.80. The van der Waals surface area contributed by atoms with Crippen molar-refractivity contribution in [1.82, 2.24) is 20.1 Å². The van der Waals surface area contributed by atoms with Crippen molar-refractivity contribution in [2.75, 3.05) is 34.3 Å². The number of piperidine rings is 1. The quantitative estimate of drug-likeness (QED) is 0.442. The highest BCUT2D eigenvalue weighted by molar-refractivity contribution is 7.18. The van der Waals surface area contributed by atoms with E-state index in [0.29, 0.717) is 53.8 Å². The lowest BCUT2D eigenvalue weighted by Crippen LogP contribution is -2.44. The van der Waals surface area contributed by atoms with Crippen molar-refractivity contribution in [3.63, 3.8) is 0 Å². The molecule has 0 radical (unpaired) electrons. The summed E-state index contributed by atoms with van der Waals surface area (Å²) < 4.78 is 6.43. The molecule has 2 amide bonds. The van der Waals surface area contributed by atoms with Gasteiger partial charge in [0.15, 0.2) is 0 Å². The third-order valence-corrected chi connectivity index (χ3v) is 9.03. The Morgan fingerprint density at radius 1 is 1.15 bits per heavy atom. The minimum Gasteiger partial charge on any atom is -0.496 e. The lowest BCUT2D eigenvalue weighted by molar-refractivity contribution is -0.145. The van der Waals surface area contributed by atoms with Crippen LogP contribution in [0.25, 0.3) is 10.2 Å². The lowest BCUT2D eigenvalue weighted by Gasteiger charge is -2.35. The fourth-order valence-electron chi connectivity index (χ4n) is 5.86. The number of carbonyl (C=O) groups is 3. The maximum Gasteiger partial charge on any atom is 0.304 e. The summed E-state index contributed by atoms with van der Waals surface area (Å²) in [6.45, 7) is 1.57. The molecule has 0 unspecified atom stereocenters. The smallest absolute Gasteiger partial charge is 0.304 e. The maximum absolute atomic E-state index is 13.4. The minimum atomic E-state index is -1.02. The van der Waals surface area contributed by atoms with Gasteiger partial charge in [0.2, 0.25) is 5.91 Å². The first-order chi connectivity index (χ1) is 18.7. The highest BCUT2D eigenvalue weighted by Gasteiger charge is 2.45. The Labute approximate surface area is 231 Å². The molecule has 1 fully saturated rings. The van der Waals surface area contributed by atoms with E-state index in [-0.39, 0.29) is 24.8 Å². The van der Waals surface area contributed by atoms with Crippen molar-refractivity contribution in [3.8, 4) is 5.75 Å². The average Bonchev–Trinajstić information content (AvgIpc) is 3.50. The van der Waals surface area contributed by atoms with Gasteiger partial charge in [-0.15, -0.1) is 11.3 Å². The second kappa shape index (κ2) is 10.9. The van der Waals surface area contributed by atoms with Crippen LogP contribution in [-0.2, 0) is 29.0 Å². The van der Waals surface area contributed by atoms with Crippen molar-refractivity contribution < 1.29 is 24.2 Å². The van der Waals surface area contributed by atoms with Crippen LogP contribution in [0.2, 0.25) is 0 Å². The summed E-state index contributed by atoms with van der Waals surface area (Å²) in [6, 6.07) is 11.8. The van der Waals surface area contributed by atoms with Crippen LogP contribution in [0.3, 0.4) is 0 Å². The maximum atomic E-state index is 13.4. The fraction of sp³-hybridized carbons (Fsp3) is 0.448. The zero-order valence-corrected chi connectivity index (χ0v) is 23.3. The first-order valence-corrected chi connectivity index (χ1v) is 14.0. The van der Waals surface area contributed by atoms with Crippen LogP contribution in [0, 0.1) is 5.41 Å². The van der Waals surface area contributed by atoms with Crippen LogP contribution >= 0.6 is 11.3 Å². The fourth-order valence-corrected chi connectivity index (χ4v) is 6.78. The zero-order chi connectivity index (χ0) is 27.7. The Morgan fingerprint density at radius 2 is 1.82 bits per heavy atom. The molecule has 2 heterocycles. The highest BCUT2D eigenvalue weighted by atomic mass is 32.1. The third kappa shape index (κ3) is 5.49. The number of benzene rings is 2. The summed E-state index contributed by atoms with van der Waals surface area (Å²) in [4.78, 5) is 47.2. The summed E-state index contributed by atoms with van der Waals surface area (Å²) in [5, 5.41) is 13.2. The van der Waals surface area contributed by atoms with E-state index in [4.69, 9.17) is 4.74 Å². The second-order valence-electron chi connectivity index (χ2n) is 10.8. The van der Waals surface area contributed by atoms with Gasteiger partial charge in [0, 0.05) is 25.2 Å². The van der Waals surface area contributed by atoms with Gasteiger partial charge >= 0.3 is 5.97 Å². The number of likely N-dealkylation sites (tertiary alicyclic amines) is 1. The van der Waals surface area contributed by atoms with Gasteiger partial charge in [-0.25, -0.2) is 4.98 Å². The van der Waals surface area contributed by atoms with E-state index in [9.17, 15) is 19.5 Å². The summed E-state index contributed by atoms with van der Waals surface area (Å²) in [5.74, 6) is -0.834. The number of fused-ring (bicyclic) bond motifs is 2. The first kappa shape index (κ1) is 27.1. The molecule has 10 heteroatoms. The number of nitrogens with zero attached hydrogens (tertiary/aromatic N) is 3. The molecule has 0 bridgehead atoms. The largest absolute Gasteiger partial charge is 0.496 e. The van der Waals surface area contributed by atoms with Gasteiger partial charge in [0.25, 0.3) is 5.91 Å². The molecule has 2 aromatic carbocycles. The van der Waals surface area contributed by atoms with Crippen LogP contribution in [-0.4, -0.2) is 78.0 Å². The van der Waals surface area contributed by atoms with Crippen molar-refractivity contribution in [1.29, 1.82) is 0 Å². The third-order valence-electron chi connectivity index (χ3n) is 8.01. The number of thiazole rings is 1. The number of aliphatic carboxylic acids is 1. The number of hydrogen-bond donors (Lipinski definition) is 2. The molecule has 1 saturated heterocycles. The Balaban J connectivity index is 1.31. The van der Waals surface area contributed by atoms with Gasteiger partial charge < -0.3 is 25.0 Å². The predicted molar refractivity (Wildman–Crippen MR) is 149 cm³/mol. The molecule has 9 nitrogen and oxygen atoms in total. The molecule has 1 aromatic heterocycles. The summed E-state index contributed by atoms with van der Waals surface area (Å²) in [5.41, 5.74) is 2.17. The number of methoxy groups -OCH3 is 1. The van der Waals surface area contributed by atoms with Crippen LogP contribution in [0.5, 0.6) is 5.75 Å². The topological polar surface area (TPSA) is 112 Å². The van der Waals surface area contributed by atoms with Gasteiger partial charge in [-0.05, 0) is 57.0 Å². The number of carboxylic acids is 1. The molecule has 3 aromatic rings. The van der Waals surface area contributed by atoms with Gasteiger partial charge in [0.05, 0.1) is 41.3 Å². The molecule has 206 valence electrons. The van der Waals surface area contributed by atoms with Crippen LogP contribution in [0.1, 0.15) is 45.8 Å². The van der Waals surface area contributed by atoms with Crippen molar-refractivity contribution in [2.45, 2.75) is 44.7 Å². The average molecular weight is 551 g/mol. The number of amides is 2. The standard InChI is InChI=1S/C29H34N4O5S/c1-32(2)20-8-10-33(11-9-20)27(36)21-12-22-24(13-23(21)38-3)39-25(31-22)17-30-28(37)29(16-26(34)35)14-18-6-4-5-7-19(18)15-29/h4-7,12-13,20H,8-11,14-17H2,1-3H3,(H,30,37)(H,34,35). The minimum absolute atomic E-state index is 0.0646. The summed E-state index contributed by atoms with van der Waals surface area (Å²) in [7, 11) is 5.69. The SMILES string of the molecule is COc1cc2sc(CNC(=O)C3(CC(=O)O)Cc4ccccc4C3)nc2cc1C(=O)N1CCC(N(C)C)CC1. The Kier molecular flexibility index (Phi) is 7.59. The molecule has 1 aliphatic heterocycles. The summed E-state index contributed by atoms with van der Waals surface area (Å²) >= 11 is 1.42. The second-order valence-corrected chi connectivity index (χ2v) is 11.9. The molecular weight excluding hydrogens is 516 g/mol. The molecule has 1 aliphatic carbocycles. The van der Waals surface area contributed by atoms with Crippen LogP contribution in [0.4, 0.5) is 0 Å². The Hall–Kier alpha value is -3.50. The van der Waals surface area contributed by atoms with Gasteiger partial charge in [-0.3, -0.25) is 14.4 Å². The van der Waals surface area contributed by atoms with E-state index in [1.807, 2.05) is 35.2 Å². The number of carboxylic acid groups (broad SMARTS) is 1. The normalized spacial score (nSPS) is 16.9. The number of ether oxygens (including phenoxy) is 1. The van der Waals surface area contributed by atoms with E-state index < -0.39 is 11.4 Å². The van der Waals surface area contributed by atoms with E-state index in [1.165, 1.54) is 11.3 Å². The summed E-state index contributed by atoms with van der Waals surface area (Å²) in [6.07, 6.45) is 2.42. The molecule has 39 heavy (non-hydrogen) atoms. The van der Waals surface area contributed by atoms with E-state index in [1.54, 1.807) is 13.2 Å². The van der Waals surface area contributed by atoms with Crippen LogP contribution in [0.15, 0.2) is 36.4 Å². The van der Waals surface area contributed by atoms with E-state index in [2.05, 4.69) is 29.3 Å². The molecule has 0 saturated carbocycles. The predicted octanol–water partition coefficient (Wildman–Crippen LogP) is 3.35. The number of carbonyl (C=O) groups excluding carboxylic acids is 2. The molecule has 2 aliphatic rings. The molecule has 5 rings (SSSR count). The Bertz CT molecular complexity index is 1380. The van der Waals surface area contributed by atoms with Crippen LogP contribution < -0.4 is 10.1 Å². The van der Waals surface area contributed by atoms with Gasteiger partial charge in [-0.1, -0.05) is 24.3 Å².